The normalized spacial score (nSPS) is 10.6. The van der Waals surface area contributed by atoms with Gasteiger partial charge < -0.3 is 4.74 Å². The molecular weight excluding hydrogens is 326 g/mol. The number of aromatic nitrogens is 3. The van der Waals surface area contributed by atoms with Crippen molar-refractivity contribution < 1.29 is 4.74 Å². The second kappa shape index (κ2) is 6.60. The molecule has 0 aliphatic heterocycles. The average Bonchev–Trinajstić information content (AvgIpc) is 2.69. The van der Waals surface area contributed by atoms with E-state index < -0.39 is 0 Å². The molecule has 0 saturated carbocycles. The SMILES string of the molecule is N=C(Oc1ccc2ncccc2c1)n1nc(-c2ccccc2)ccc1=N. The van der Waals surface area contributed by atoms with E-state index in [1.165, 1.54) is 0 Å². The van der Waals surface area contributed by atoms with Crippen molar-refractivity contribution in [1.29, 1.82) is 10.8 Å². The monoisotopic (exact) mass is 341 g/mol. The predicted octanol–water partition coefficient (Wildman–Crippen LogP) is 3.44. The topological polar surface area (TPSA) is 87.6 Å². The first-order chi connectivity index (χ1) is 12.7. The molecule has 0 aliphatic rings. The van der Waals surface area contributed by atoms with E-state index in [1.54, 1.807) is 24.4 Å². The summed E-state index contributed by atoms with van der Waals surface area (Å²) in [6.07, 6.45) is 1.73. The van der Waals surface area contributed by atoms with Gasteiger partial charge in [-0.05, 0) is 36.4 Å². The zero-order valence-corrected chi connectivity index (χ0v) is 13.8. The highest BCUT2D eigenvalue weighted by Gasteiger charge is 2.09. The molecule has 2 heterocycles. The first-order valence-electron chi connectivity index (χ1n) is 8.03. The molecule has 0 saturated heterocycles. The van der Waals surface area contributed by atoms with Gasteiger partial charge in [-0.3, -0.25) is 10.4 Å². The molecule has 0 unspecified atom stereocenters. The lowest BCUT2D eigenvalue weighted by Crippen LogP contribution is -2.32. The van der Waals surface area contributed by atoms with Crippen LogP contribution < -0.4 is 10.2 Å². The second-order valence-electron chi connectivity index (χ2n) is 5.65. The Morgan fingerprint density at radius 2 is 1.77 bits per heavy atom. The van der Waals surface area contributed by atoms with Crippen LogP contribution in [0.4, 0.5) is 0 Å². The minimum absolute atomic E-state index is 0.0668. The molecule has 0 atom stereocenters. The molecule has 2 aromatic heterocycles. The summed E-state index contributed by atoms with van der Waals surface area (Å²) < 4.78 is 6.78. The molecule has 6 nitrogen and oxygen atoms in total. The molecule has 26 heavy (non-hydrogen) atoms. The van der Waals surface area contributed by atoms with Gasteiger partial charge in [-0.1, -0.05) is 36.4 Å². The number of nitrogens with zero attached hydrogens (tertiary/aromatic N) is 3. The van der Waals surface area contributed by atoms with E-state index in [4.69, 9.17) is 15.6 Å². The fourth-order valence-corrected chi connectivity index (χ4v) is 2.61. The summed E-state index contributed by atoms with van der Waals surface area (Å²) in [6.45, 7) is 0. The zero-order chi connectivity index (χ0) is 17.9. The number of hydrogen-bond acceptors (Lipinski definition) is 5. The summed E-state index contributed by atoms with van der Waals surface area (Å²) in [6, 6.07) is 21.9. The van der Waals surface area contributed by atoms with Crippen LogP contribution in [0.3, 0.4) is 0 Å². The Hall–Kier alpha value is -3.80. The van der Waals surface area contributed by atoms with Crippen molar-refractivity contribution in [2.45, 2.75) is 0 Å². The molecule has 126 valence electrons. The summed E-state index contributed by atoms with van der Waals surface area (Å²) in [5.74, 6) is 0.495. The van der Waals surface area contributed by atoms with E-state index in [0.717, 1.165) is 21.1 Å². The zero-order valence-electron chi connectivity index (χ0n) is 13.8. The minimum atomic E-state index is -0.240. The highest BCUT2D eigenvalue weighted by Crippen LogP contribution is 2.19. The molecule has 4 aromatic rings. The number of nitrogens with one attached hydrogen (secondary N) is 2. The van der Waals surface area contributed by atoms with Crippen molar-refractivity contribution in [3.63, 3.8) is 0 Å². The molecule has 0 bridgehead atoms. The Labute approximate surface area is 149 Å². The number of fused-ring (bicyclic) bond motifs is 1. The summed E-state index contributed by atoms with van der Waals surface area (Å²) >= 11 is 0. The van der Waals surface area contributed by atoms with Gasteiger partial charge in [-0.25, -0.2) is 5.41 Å². The summed E-state index contributed by atoms with van der Waals surface area (Å²) in [5.41, 5.74) is 2.49. The minimum Gasteiger partial charge on any atom is -0.425 e. The molecule has 0 aliphatic carbocycles. The largest absolute Gasteiger partial charge is 0.425 e. The van der Waals surface area contributed by atoms with E-state index in [0.29, 0.717) is 11.4 Å². The lowest BCUT2D eigenvalue weighted by Gasteiger charge is -2.11. The van der Waals surface area contributed by atoms with Gasteiger partial charge in [0.1, 0.15) is 5.75 Å². The van der Waals surface area contributed by atoms with Crippen molar-refractivity contribution in [2.75, 3.05) is 0 Å². The van der Waals surface area contributed by atoms with Crippen molar-refractivity contribution in [1.82, 2.24) is 14.8 Å². The van der Waals surface area contributed by atoms with Gasteiger partial charge in [-0.2, -0.15) is 9.78 Å². The Bertz CT molecular complexity index is 1150. The molecular formula is C20H15N5O. The molecule has 0 amide bonds. The van der Waals surface area contributed by atoms with Crippen molar-refractivity contribution >= 4 is 16.9 Å². The number of ether oxygens (including phenoxy) is 1. The maximum atomic E-state index is 8.22. The smallest absolute Gasteiger partial charge is 0.317 e. The van der Waals surface area contributed by atoms with Gasteiger partial charge in [0.15, 0.2) is 5.49 Å². The molecule has 0 fully saturated rings. The van der Waals surface area contributed by atoms with Crippen LogP contribution in [-0.2, 0) is 0 Å². The van der Waals surface area contributed by atoms with Crippen molar-refractivity contribution in [3.05, 3.63) is 84.5 Å². The van der Waals surface area contributed by atoms with E-state index in [-0.39, 0.29) is 11.5 Å². The quantitative estimate of drug-likeness (QED) is 0.432. The Morgan fingerprint density at radius 3 is 2.62 bits per heavy atom. The van der Waals surface area contributed by atoms with Crippen LogP contribution in [0, 0.1) is 10.8 Å². The first-order valence-corrected chi connectivity index (χ1v) is 8.03. The molecule has 4 rings (SSSR count). The fourth-order valence-electron chi connectivity index (χ4n) is 2.61. The molecule has 6 heteroatoms. The number of rotatable bonds is 2. The third kappa shape index (κ3) is 3.08. The van der Waals surface area contributed by atoms with Gasteiger partial charge >= 0.3 is 6.02 Å². The summed E-state index contributed by atoms with van der Waals surface area (Å²) in [4.78, 5) is 4.26. The van der Waals surface area contributed by atoms with Gasteiger partial charge in [0.2, 0.25) is 0 Å². The van der Waals surface area contributed by atoms with Gasteiger partial charge in [-0.15, -0.1) is 0 Å². The predicted molar refractivity (Wildman–Crippen MR) is 99.0 cm³/mol. The number of pyridine rings is 1. The Balaban J connectivity index is 1.66. The molecule has 2 aromatic carbocycles. The van der Waals surface area contributed by atoms with Crippen LogP contribution in [0.15, 0.2) is 79.0 Å². The van der Waals surface area contributed by atoms with Crippen LogP contribution in [0.5, 0.6) is 5.75 Å². The highest BCUT2D eigenvalue weighted by atomic mass is 16.5. The van der Waals surface area contributed by atoms with Crippen molar-refractivity contribution in [2.24, 2.45) is 0 Å². The number of hydrogen-bond donors (Lipinski definition) is 2. The van der Waals surface area contributed by atoms with E-state index in [2.05, 4.69) is 10.1 Å². The number of benzene rings is 2. The van der Waals surface area contributed by atoms with Crippen LogP contribution in [0.25, 0.3) is 22.2 Å². The van der Waals surface area contributed by atoms with E-state index in [9.17, 15) is 0 Å². The van der Waals surface area contributed by atoms with Gasteiger partial charge in [0.25, 0.3) is 0 Å². The van der Waals surface area contributed by atoms with Crippen molar-refractivity contribution in [3.8, 4) is 17.0 Å². The van der Waals surface area contributed by atoms with E-state index >= 15 is 0 Å². The average molecular weight is 341 g/mol. The Kier molecular flexibility index (Phi) is 3.99. The van der Waals surface area contributed by atoms with Crippen LogP contribution in [-0.4, -0.2) is 20.8 Å². The maximum Gasteiger partial charge on any atom is 0.317 e. The molecule has 0 spiro atoms. The second-order valence-corrected chi connectivity index (χ2v) is 5.65. The standard InChI is InChI=1S/C20H15N5O/c21-19-11-10-18(14-5-2-1-3-6-14)24-25(19)20(22)26-16-8-9-17-15(13-16)7-4-12-23-17/h1-13,21-22H. The summed E-state index contributed by atoms with van der Waals surface area (Å²) in [5, 5.41) is 21.5. The lowest BCUT2D eigenvalue weighted by atomic mass is 10.1. The first kappa shape index (κ1) is 15.7. The molecule has 2 N–H and O–H groups in total. The third-order valence-corrected chi connectivity index (χ3v) is 3.89. The van der Waals surface area contributed by atoms with E-state index in [1.807, 2.05) is 54.6 Å². The van der Waals surface area contributed by atoms with Crippen LogP contribution in [0.2, 0.25) is 0 Å². The van der Waals surface area contributed by atoms with Gasteiger partial charge in [0.05, 0.1) is 11.2 Å². The van der Waals surface area contributed by atoms with Crippen LogP contribution >= 0.6 is 0 Å². The van der Waals surface area contributed by atoms with Crippen LogP contribution in [0.1, 0.15) is 0 Å². The molecule has 0 radical (unpaired) electrons. The van der Waals surface area contributed by atoms with Gasteiger partial charge in [0, 0.05) is 17.1 Å². The maximum absolute atomic E-state index is 8.22. The summed E-state index contributed by atoms with van der Waals surface area (Å²) in [7, 11) is 0. The fraction of sp³-hybridized carbons (Fsp3) is 0. The Morgan fingerprint density at radius 1 is 0.923 bits per heavy atom. The highest BCUT2D eigenvalue weighted by molar-refractivity contribution is 5.82. The third-order valence-electron chi connectivity index (χ3n) is 3.89. The lowest BCUT2D eigenvalue weighted by molar-refractivity contribution is 0.499.